The highest BCUT2D eigenvalue weighted by Gasteiger charge is 2.05. The summed E-state index contributed by atoms with van der Waals surface area (Å²) >= 11 is 7.48. The van der Waals surface area contributed by atoms with Crippen LogP contribution in [0.25, 0.3) is 0 Å². The SMILES string of the molecule is CCNc1nc(Cl)nc(OCCc2cccs2)n1. The van der Waals surface area contributed by atoms with E-state index < -0.39 is 0 Å². The van der Waals surface area contributed by atoms with Crippen molar-refractivity contribution < 1.29 is 4.74 Å². The predicted octanol–water partition coefficient (Wildman–Crippen LogP) is 2.64. The zero-order valence-electron chi connectivity index (χ0n) is 9.89. The van der Waals surface area contributed by atoms with Crippen LogP contribution in [0.3, 0.4) is 0 Å². The Kier molecular flexibility index (Phi) is 4.72. The van der Waals surface area contributed by atoms with E-state index >= 15 is 0 Å². The summed E-state index contributed by atoms with van der Waals surface area (Å²) < 4.78 is 5.47. The first-order valence-electron chi connectivity index (χ1n) is 5.58. The first-order valence-corrected chi connectivity index (χ1v) is 6.84. The minimum Gasteiger partial charge on any atom is -0.463 e. The fourth-order valence-electron chi connectivity index (χ4n) is 1.33. The lowest BCUT2D eigenvalue weighted by Gasteiger charge is -2.06. The molecule has 7 heteroatoms. The van der Waals surface area contributed by atoms with Crippen LogP contribution in [0.15, 0.2) is 17.5 Å². The van der Waals surface area contributed by atoms with Crippen molar-refractivity contribution in [3.63, 3.8) is 0 Å². The minimum absolute atomic E-state index is 0.132. The molecule has 0 aliphatic heterocycles. The van der Waals surface area contributed by atoms with E-state index in [9.17, 15) is 0 Å². The van der Waals surface area contributed by atoms with Gasteiger partial charge in [0.15, 0.2) is 0 Å². The van der Waals surface area contributed by atoms with Gasteiger partial charge in [-0.05, 0) is 30.0 Å². The number of ether oxygens (including phenoxy) is 1. The van der Waals surface area contributed by atoms with Gasteiger partial charge in [-0.15, -0.1) is 11.3 Å². The van der Waals surface area contributed by atoms with E-state index in [0.717, 1.165) is 13.0 Å². The molecule has 2 rings (SSSR count). The molecule has 5 nitrogen and oxygen atoms in total. The summed E-state index contributed by atoms with van der Waals surface area (Å²) in [5.74, 6) is 0.434. The second-order valence-electron chi connectivity index (χ2n) is 3.42. The lowest BCUT2D eigenvalue weighted by molar-refractivity contribution is 0.296. The van der Waals surface area contributed by atoms with E-state index in [-0.39, 0.29) is 11.3 Å². The van der Waals surface area contributed by atoms with Crippen molar-refractivity contribution in [3.8, 4) is 6.01 Å². The third-order valence-electron chi connectivity index (χ3n) is 2.08. The summed E-state index contributed by atoms with van der Waals surface area (Å²) in [6.45, 7) is 3.19. The average molecular weight is 285 g/mol. The number of hydrogen-bond donors (Lipinski definition) is 1. The van der Waals surface area contributed by atoms with Crippen molar-refractivity contribution in [2.45, 2.75) is 13.3 Å². The van der Waals surface area contributed by atoms with Gasteiger partial charge in [0.25, 0.3) is 0 Å². The molecule has 96 valence electrons. The zero-order valence-corrected chi connectivity index (χ0v) is 11.5. The van der Waals surface area contributed by atoms with Crippen molar-refractivity contribution in [3.05, 3.63) is 27.7 Å². The number of nitrogens with zero attached hydrogens (tertiary/aromatic N) is 3. The molecule has 0 atom stereocenters. The molecule has 0 radical (unpaired) electrons. The van der Waals surface area contributed by atoms with Crippen LogP contribution >= 0.6 is 22.9 Å². The van der Waals surface area contributed by atoms with Crippen LogP contribution in [0.4, 0.5) is 5.95 Å². The van der Waals surface area contributed by atoms with Gasteiger partial charge in [0.2, 0.25) is 11.2 Å². The van der Waals surface area contributed by atoms with Crippen LogP contribution in [-0.4, -0.2) is 28.1 Å². The minimum atomic E-state index is 0.132. The predicted molar refractivity (Wildman–Crippen MR) is 72.5 cm³/mol. The van der Waals surface area contributed by atoms with Crippen molar-refractivity contribution in [2.24, 2.45) is 0 Å². The standard InChI is InChI=1S/C11H13ClN4OS/c1-2-13-10-14-9(12)15-11(16-10)17-6-5-8-4-3-7-18-8/h3-4,7H,2,5-6H2,1H3,(H,13,14,15,16). The fourth-order valence-corrected chi connectivity index (χ4v) is 2.17. The maximum Gasteiger partial charge on any atom is 0.322 e. The quantitative estimate of drug-likeness (QED) is 0.884. The topological polar surface area (TPSA) is 59.9 Å². The van der Waals surface area contributed by atoms with Crippen molar-refractivity contribution in [1.82, 2.24) is 15.0 Å². The molecule has 1 N–H and O–H groups in total. The molecule has 0 aliphatic rings. The summed E-state index contributed by atoms with van der Waals surface area (Å²) in [7, 11) is 0. The molecule has 0 saturated carbocycles. The largest absolute Gasteiger partial charge is 0.463 e. The van der Waals surface area contributed by atoms with Gasteiger partial charge >= 0.3 is 6.01 Å². The third-order valence-corrected chi connectivity index (χ3v) is 3.19. The Hall–Kier alpha value is -1.40. The van der Waals surface area contributed by atoms with Gasteiger partial charge in [0.1, 0.15) is 0 Å². The third kappa shape index (κ3) is 3.82. The molecule has 0 aromatic carbocycles. The number of thiophene rings is 1. The maximum atomic E-state index is 5.78. The number of nitrogens with one attached hydrogen (secondary N) is 1. The van der Waals surface area contributed by atoms with Crippen molar-refractivity contribution >= 4 is 28.9 Å². The number of anilines is 1. The monoisotopic (exact) mass is 284 g/mol. The molecule has 2 heterocycles. The van der Waals surface area contributed by atoms with Crippen LogP contribution in [0.2, 0.25) is 5.28 Å². The smallest absolute Gasteiger partial charge is 0.322 e. The van der Waals surface area contributed by atoms with Crippen molar-refractivity contribution in [1.29, 1.82) is 0 Å². The molecule has 2 aromatic rings. The highest BCUT2D eigenvalue weighted by molar-refractivity contribution is 7.09. The van der Waals surface area contributed by atoms with Gasteiger partial charge in [0.05, 0.1) is 6.61 Å². The molecule has 0 spiro atoms. The van der Waals surface area contributed by atoms with E-state index in [0.29, 0.717) is 12.6 Å². The average Bonchev–Trinajstić information content (AvgIpc) is 2.82. The Morgan fingerprint density at radius 2 is 2.28 bits per heavy atom. The molecule has 0 bridgehead atoms. The van der Waals surface area contributed by atoms with Crippen LogP contribution in [-0.2, 0) is 6.42 Å². The Labute approximate surface area is 114 Å². The van der Waals surface area contributed by atoms with E-state index in [1.807, 2.05) is 18.4 Å². The first-order chi connectivity index (χ1) is 8.78. The summed E-state index contributed by atoms with van der Waals surface area (Å²) in [6.07, 6.45) is 0.831. The normalized spacial score (nSPS) is 10.3. The molecule has 0 unspecified atom stereocenters. The van der Waals surface area contributed by atoms with Crippen LogP contribution in [0.5, 0.6) is 6.01 Å². The second-order valence-corrected chi connectivity index (χ2v) is 4.79. The highest BCUT2D eigenvalue weighted by atomic mass is 35.5. The van der Waals surface area contributed by atoms with Crippen molar-refractivity contribution in [2.75, 3.05) is 18.5 Å². The number of hydrogen-bond acceptors (Lipinski definition) is 6. The van der Waals surface area contributed by atoms with E-state index in [4.69, 9.17) is 16.3 Å². The lowest BCUT2D eigenvalue weighted by atomic mass is 10.4. The molecule has 0 fully saturated rings. The first kappa shape index (κ1) is 13.0. The van der Waals surface area contributed by atoms with Crippen LogP contribution < -0.4 is 10.1 Å². The van der Waals surface area contributed by atoms with Gasteiger partial charge in [-0.2, -0.15) is 15.0 Å². The van der Waals surface area contributed by atoms with Gasteiger partial charge in [0, 0.05) is 17.8 Å². The number of aromatic nitrogens is 3. The van der Waals surface area contributed by atoms with Gasteiger partial charge in [-0.1, -0.05) is 6.07 Å². The van der Waals surface area contributed by atoms with Crippen LogP contribution in [0.1, 0.15) is 11.8 Å². The fraction of sp³-hybridized carbons (Fsp3) is 0.364. The Balaban J connectivity index is 1.92. The Morgan fingerprint density at radius 3 is 3.00 bits per heavy atom. The number of halogens is 1. The highest BCUT2D eigenvalue weighted by Crippen LogP contribution is 2.13. The van der Waals surface area contributed by atoms with Gasteiger partial charge < -0.3 is 10.1 Å². The molecular weight excluding hydrogens is 272 g/mol. The summed E-state index contributed by atoms with van der Waals surface area (Å²) in [5.41, 5.74) is 0. The molecule has 0 amide bonds. The summed E-state index contributed by atoms with van der Waals surface area (Å²) in [5, 5.41) is 5.14. The van der Waals surface area contributed by atoms with Gasteiger partial charge in [-0.3, -0.25) is 0 Å². The summed E-state index contributed by atoms with van der Waals surface area (Å²) in [6, 6.07) is 4.34. The lowest BCUT2D eigenvalue weighted by Crippen LogP contribution is -2.08. The second kappa shape index (κ2) is 6.51. The molecule has 0 aliphatic carbocycles. The summed E-state index contributed by atoms with van der Waals surface area (Å²) in [4.78, 5) is 13.2. The molecular formula is C11H13ClN4OS. The van der Waals surface area contributed by atoms with Gasteiger partial charge in [-0.25, -0.2) is 0 Å². The zero-order chi connectivity index (χ0) is 12.8. The molecule has 2 aromatic heterocycles. The van der Waals surface area contributed by atoms with E-state index in [1.54, 1.807) is 11.3 Å². The molecule has 18 heavy (non-hydrogen) atoms. The Bertz CT molecular complexity index is 492. The molecule has 0 saturated heterocycles. The number of rotatable bonds is 6. The maximum absolute atomic E-state index is 5.78. The Morgan fingerprint density at radius 1 is 1.39 bits per heavy atom. The van der Waals surface area contributed by atoms with E-state index in [2.05, 4.69) is 26.3 Å². The van der Waals surface area contributed by atoms with Crippen LogP contribution in [0, 0.1) is 0 Å². The van der Waals surface area contributed by atoms with E-state index in [1.165, 1.54) is 4.88 Å².